The molecule has 0 saturated heterocycles. The average Bonchev–Trinajstić information content (AvgIpc) is 1.62. The Labute approximate surface area is 59.4 Å². The molecule has 1 amide bonds. The summed E-state index contributed by atoms with van der Waals surface area (Å²) in [5.74, 6) is -0.949. The third kappa shape index (κ3) is 1.45. The summed E-state index contributed by atoms with van der Waals surface area (Å²) < 4.78 is 19.5. The number of carbonyl (C=O) groups is 1. The van der Waals surface area contributed by atoms with E-state index in [1.54, 1.807) is 0 Å². The first-order chi connectivity index (χ1) is 4.19. The molecule has 10 heavy (non-hydrogen) atoms. The second kappa shape index (κ2) is 2.21. The van der Waals surface area contributed by atoms with Gasteiger partial charge in [0.1, 0.15) is 0 Å². The van der Waals surface area contributed by atoms with Crippen LogP contribution in [-0.4, -0.2) is 19.1 Å². The number of sulfonamides is 1. The molecule has 0 aliphatic heterocycles. The lowest BCUT2D eigenvalue weighted by Gasteiger charge is -2.16. The highest BCUT2D eigenvalue weighted by Gasteiger charge is 2.37. The Balaban J connectivity index is 4.95. The van der Waals surface area contributed by atoms with Gasteiger partial charge in [0.2, 0.25) is 15.9 Å². The van der Waals surface area contributed by atoms with Gasteiger partial charge in [-0.2, -0.15) is 0 Å². The summed E-state index contributed by atoms with van der Waals surface area (Å²) in [4.78, 5) is 10.4. The van der Waals surface area contributed by atoms with E-state index in [1.165, 1.54) is 0 Å². The molecule has 0 aliphatic rings. The molecule has 0 aromatic heterocycles. The largest absolute Gasteiger partial charge is 0.368 e. The molecule has 5 nitrogen and oxygen atoms in total. The van der Waals surface area contributed by atoms with Crippen molar-refractivity contribution in [2.24, 2.45) is 10.9 Å². The molecule has 4 N–H and O–H groups in total. The minimum absolute atomic E-state index is 0.949. The predicted octanol–water partition coefficient (Wildman–Crippen LogP) is -1.46. The zero-order valence-corrected chi connectivity index (χ0v) is 6.60. The molecular formula is C4H10N2O3S. The third-order valence-electron chi connectivity index (χ3n) is 1.30. The van der Waals surface area contributed by atoms with E-state index in [4.69, 9.17) is 5.73 Å². The lowest BCUT2D eigenvalue weighted by Crippen LogP contribution is -2.48. The monoisotopic (exact) mass is 166 g/mol. The van der Waals surface area contributed by atoms with Gasteiger partial charge in [-0.05, 0) is 13.8 Å². The standard InChI is InChI=1S/C4H10N2O3S/c1-4(2,3(5)7)10(6,8)9/h1-2H3,(H2,5,7)(H2,6,8,9). The minimum Gasteiger partial charge on any atom is -0.368 e. The Kier molecular flexibility index (Phi) is 2.07. The molecular weight excluding hydrogens is 156 g/mol. The van der Waals surface area contributed by atoms with E-state index in [0.717, 1.165) is 13.8 Å². The number of hydrogen-bond acceptors (Lipinski definition) is 3. The maximum Gasteiger partial charge on any atom is 0.239 e. The average molecular weight is 166 g/mol. The Bertz CT molecular complexity index is 241. The van der Waals surface area contributed by atoms with Gasteiger partial charge in [0.15, 0.2) is 4.75 Å². The van der Waals surface area contributed by atoms with Crippen LogP contribution in [0.25, 0.3) is 0 Å². The molecule has 6 heteroatoms. The summed E-state index contributed by atoms with van der Waals surface area (Å²) in [6.07, 6.45) is 0. The number of hydrogen-bond donors (Lipinski definition) is 2. The van der Waals surface area contributed by atoms with Crippen molar-refractivity contribution in [1.29, 1.82) is 0 Å². The van der Waals surface area contributed by atoms with Crippen molar-refractivity contribution in [1.82, 2.24) is 0 Å². The van der Waals surface area contributed by atoms with Crippen molar-refractivity contribution in [3.05, 3.63) is 0 Å². The second-order valence-corrected chi connectivity index (χ2v) is 4.53. The van der Waals surface area contributed by atoms with Gasteiger partial charge >= 0.3 is 0 Å². The zero-order chi connectivity index (χ0) is 8.58. The summed E-state index contributed by atoms with van der Waals surface area (Å²) in [5.41, 5.74) is 4.76. The summed E-state index contributed by atoms with van der Waals surface area (Å²) >= 11 is 0. The van der Waals surface area contributed by atoms with Crippen LogP contribution in [0.2, 0.25) is 0 Å². The van der Waals surface area contributed by atoms with Gasteiger partial charge < -0.3 is 5.73 Å². The molecule has 60 valence electrons. The first-order valence-electron chi connectivity index (χ1n) is 2.52. The van der Waals surface area contributed by atoms with E-state index in [9.17, 15) is 13.2 Å². The number of primary amides is 1. The van der Waals surface area contributed by atoms with Crippen LogP contribution in [0.5, 0.6) is 0 Å². The lowest BCUT2D eigenvalue weighted by molar-refractivity contribution is -0.119. The molecule has 0 heterocycles. The Morgan fingerprint density at radius 1 is 1.40 bits per heavy atom. The van der Waals surface area contributed by atoms with Crippen molar-refractivity contribution in [2.75, 3.05) is 0 Å². The van der Waals surface area contributed by atoms with E-state index in [2.05, 4.69) is 5.14 Å². The quantitative estimate of drug-likeness (QED) is 0.523. The fraction of sp³-hybridized carbons (Fsp3) is 0.750. The zero-order valence-electron chi connectivity index (χ0n) is 5.79. The maximum absolute atomic E-state index is 10.6. The van der Waals surface area contributed by atoms with Crippen molar-refractivity contribution >= 4 is 15.9 Å². The Morgan fingerprint density at radius 2 is 1.70 bits per heavy atom. The molecule has 0 bridgehead atoms. The molecule has 0 unspecified atom stereocenters. The van der Waals surface area contributed by atoms with Gasteiger partial charge in [0.05, 0.1) is 0 Å². The first-order valence-corrected chi connectivity index (χ1v) is 4.06. The van der Waals surface area contributed by atoms with Gasteiger partial charge in [-0.25, -0.2) is 13.6 Å². The lowest BCUT2D eigenvalue weighted by atomic mass is 10.2. The van der Waals surface area contributed by atoms with Gasteiger partial charge in [-0.15, -0.1) is 0 Å². The highest BCUT2D eigenvalue weighted by molar-refractivity contribution is 7.91. The fourth-order valence-corrected chi connectivity index (χ4v) is 0.421. The topological polar surface area (TPSA) is 103 Å². The number of nitrogens with two attached hydrogens (primary N) is 2. The maximum atomic E-state index is 10.6. The Morgan fingerprint density at radius 3 is 1.70 bits per heavy atom. The second-order valence-electron chi connectivity index (χ2n) is 2.42. The number of amides is 1. The van der Waals surface area contributed by atoms with Crippen molar-refractivity contribution < 1.29 is 13.2 Å². The molecule has 0 spiro atoms. The van der Waals surface area contributed by atoms with Crippen molar-refractivity contribution in [2.45, 2.75) is 18.6 Å². The number of rotatable bonds is 2. The van der Waals surface area contributed by atoms with E-state index in [0.29, 0.717) is 0 Å². The highest BCUT2D eigenvalue weighted by atomic mass is 32.2. The molecule has 0 radical (unpaired) electrons. The molecule has 0 aromatic rings. The third-order valence-corrected chi connectivity index (χ3v) is 2.93. The first kappa shape index (κ1) is 9.38. The molecule has 0 aliphatic carbocycles. The van der Waals surface area contributed by atoms with Gasteiger partial charge in [-0.3, -0.25) is 4.79 Å². The van der Waals surface area contributed by atoms with E-state index >= 15 is 0 Å². The van der Waals surface area contributed by atoms with Crippen LogP contribution in [0, 0.1) is 0 Å². The summed E-state index contributed by atoms with van der Waals surface area (Å²) in [6.45, 7) is 2.31. The molecule has 0 atom stereocenters. The van der Waals surface area contributed by atoms with E-state index in [1.807, 2.05) is 0 Å². The summed E-state index contributed by atoms with van der Waals surface area (Å²) in [6, 6.07) is 0. The number of carbonyl (C=O) groups excluding carboxylic acids is 1. The minimum atomic E-state index is -3.88. The van der Waals surface area contributed by atoms with Gasteiger partial charge in [0.25, 0.3) is 0 Å². The van der Waals surface area contributed by atoms with Crippen molar-refractivity contribution in [3.8, 4) is 0 Å². The van der Waals surface area contributed by atoms with Crippen molar-refractivity contribution in [3.63, 3.8) is 0 Å². The van der Waals surface area contributed by atoms with Crippen LogP contribution in [0.1, 0.15) is 13.8 Å². The van der Waals surface area contributed by atoms with Crippen LogP contribution in [0.15, 0.2) is 0 Å². The molecule has 0 aromatic carbocycles. The molecule has 0 rings (SSSR count). The summed E-state index contributed by atoms with van der Waals surface area (Å²) in [5, 5.41) is 4.69. The Hall–Kier alpha value is -0.620. The predicted molar refractivity (Wildman–Crippen MR) is 36.4 cm³/mol. The normalized spacial score (nSPS) is 13.1. The van der Waals surface area contributed by atoms with E-state index < -0.39 is 20.7 Å². The van der Waals surface area contributed by atoms with Crippen LogP contribution < -0.4 is 10.9 Å². The molecule has 0 fully saturated rings. The molecule has 0 saturated carbocycles. The smallest absolute Gasteiger partial charge is 0.239 e. The van der Waals surface area contributed by atoms with Crippen LogP contribution in [0.4, 0.5) is 0 Å². The summed E-state index contributed by atoms with van der Waals surface area (Å²) in [7, 11) is -3.88. The highest BCUT2D eigenvalue weighted by Crippen LogP contribution is 2.10. The van der Waals surface area contributed by atoms with Crippen LogP contribution in [-0.2, 0) is 14.8 Å². The van der Waals surface area contributed by atoms with E-state index in [-0.39, 0.29) is 0 Å². The van der Waals surface area contributed by atoms with Crippen LogP contribution >= 0.6 is 0 Å². The van der Waals surface area contributed by atoms with Gasteiger partial charge in [-0.1, -0.05) is 0 Å². The van der Waals surface area contributed by atoms with Crippen LogP contribution in [0.3, 0.4) is 0 Å². The number of primary sulfonamides is 1. The van der Waals surface area contributed by atoms with Gasteiger partial charge in [0, 0.05) is 0 Å². The fourth-order valence-electron chi connectivity index (χ4n) is 0.140. The SMILES string of the molecule is CC(C)(C(N)=O)S(N)(=O)=O.